The zero-order valence-corrected chi connectivity index (χ0v) is 17.6. The highest BCUT2D eigenvalue weighted by molar-refractivity contribution is 14.0. The number of nitrogens with zero attached hydrogens (tertiary/aromatic N) is 1. The Morgan fingerprint density at radius 1 is 1.23 bits per heavy atom. The molecule has 0 saturated carbocycles. The molecule has 9 heteroatoms. The number of guanidine groups is 1. The smallest absolute Gasteiger partial charge is 0.411 e. The molecule has 0 atom stereocenters. The fourth-order valence-electron chi connectivity index (χ4n) is 2.06. The van der Waals surface area contributed by atoms with Gasteiger partial charge in [-0.3, -0.25) is 0 Å². The second kappa shape index (κ2) is 13.0. The Balaban J connectivity index is 0.00000625. The van der Waals surface area contributed by atoms with E-state index in [0.717, 1.165) is 16.9 Å². The van der Waals surface area contributed by atoms with Crippen molar-refractivity contribution >= 4 is 29.9 Å². The number of benzene rings is 1. The van der Waals surface area contributed by atoms with Crippen molar-refractivity contribution in [1.29, 1.82) is 0 Å². The van der Waals surface area contributed by atoms with Crippen molar-refractivity contribution in [2.75, 3.05) is 33.4 Å². The van der Waals surface area contributed by atoms with Crippen molar-refractivity contribution < 1.29 is 22.6 Å². The van der Waals surface area contributed by atoms with E-state index < -0.39 is 12.8 Å². The molecule has 0 fully saturated rings. The number of halogens is 4. The molecule has 26 heavy (non-hydrogen) atoms. The number of rotatable bonds is 9. The van der Waals surface area contributed by atoms with Crippen LogP contribution in [0.1, 0.15) is 24.5 Å². The molecule has 150 valence electrons. The van der Waals surface area contributed by atoms with E-state index in [-0.39, 0.29) is 30.6 Å². The number of aliphatic imine (C=N–C) groups is 1. The number of aryl methyl sites for hydroxylation is 1. The Hall–Kier alpha value is -1.23. The summed E-state index contributed by atoms with van der Waals surface area (Å²) in [5.74, 6) is 1.38. The summed E-state index contributed by atoms with van der Waals surface area (Å²) in [5, 5.41) is 6.17. The van der Waals surface area contributed by atoms with Crippen LogP contribution in [0.5, 0.6) is 5.75 Å². The van der Waals surface area contributed by atoms with Crippen LogP contribution in [0, 0.1) is 6.92 Å². The average Bonchev–Trinajstić information content (AvgIpc) is 2.55. The average molecular weight is 489 g/mol. The van der Waals surface area contributed by atoms with E-state index in [4.69, 9.17) is 4.74 Å². The summed E-state index contributed by atoms with van der Waals surface area (Å²) in [7, 11) is 1.62. The van der Waals surface area contributed by atoms with Crippen LogP contribution in [0.2, 0.25) is 0 Å². The number of hydrogen-bond acceptors (Lipinski definition) is 3. The fourth-order valence-corrected chi connectivity index (χ4v) is 2.06. The molecule has 0 aliphatic carbocycles. The van der Waals surface area contributed by atoms with E-state index in [1.807, 2.05) is 32.0 Å². The largest absolute Gasteiger partial charge is 0.496 e. The second-order valence-corrected chi connectivity index (χ2v) is 5.46. The lowest BCUT2D eigenvalue weighted by Crippen LogP contribution is -2.38. The molecular formula is C17H27F3IN3O2. The second-order valence-electron chi connectivity index (χ2n) is 5.46. The first-order valence-corrected chi connectivity index (χ1v) is 8.16. The Morgan fingerprint density at radius 2 is 1.96 bits per heavy atom. The van der Waals surface area contributed by atoms with E-state index in [2.05, 4.69) is 20.4 Å². The minimum atomic E-state index is -4.28. The molecule has 0 radical (unpaired) electrons. The molecule has 0 unspecified atom stereocenters. The number of alkyl halides is 3. The van der Waals surface area contributed by atoms with Gasteiger partial charge in [0.15, 0.2) is 5.96 Å². The summed E-state index contributed by atoms with van der Waals surface area (Å²) in [5.41, 5.74) is 2.06. The van der Waals surface area contributed by atoms with Crippen molar-refractivity contribution in [2.24, 2.45) is 4.99 Å². The Kier molecular flexibility index (Phi) is 12.4. The van der Waals surface area contributed by atoms with Crippen LogP contribution < -0.4 is 15.4 Å². The summed E-state index contributed by atoms with van der Waals surface area (Å²) in [6, 6.07) is 5.90. The molecule has 0 heterocycles. The van der Waals surface area contributed by atoms with Crippen LogP contribution in [-0.2, 0) is 11.3 Å². The maximum Gasteiger partial charge on any atom is 0.411 e. The molecule has 0 spiro atoms. The summed E-state index contributed by atoms with van der Waals surface area (Å²) in [6.45, 7) is 4.34. The van der Waals surface area contributed by atoms with Crippen molar-refractivity contribution in [2.45, 2.75) is 33.0 Å². The Morgan fingerprint density at radius 3 is 2.58 bits per heavy atom. The summed E-state index contributed by atoms with van der Waals surface area (Å²) in [4.78, 5) is 4.47. The van der Waals surface area contributed by atoms with E-state index in [1.54, 1.807) is 7.11 Å². The first-order valence-electron chi connectivity index (χ1n) is 8.16. The normalized spacial score (nSPS) is 11.7. The molecule has 0 saturated heterocycles. The van der Waals surface area contributed by atoms with Gasteiger partial charge in [-0.15, -0.1) is 24.0 Å². The highest BCUT2D eigenvalue weighted by Gasteiger charge is 2.27. The predicted octanol–water partition coefficient (Wildman–Crippen LogP) is 3.65. The monoisotopic (exact) mass is 489 g/mol. The maximum atomic E-state index is 12.0. The molecule has 0 bridgehead atoms. The summed E-state index contributed by atoms with van der Waals surface area (Å²) < 4.78 is 45.8. The standard InChI is InChI=1S/C17H26F3N3O2.HI/c1-4-21-16(22-8-5-9-25-12-17(18,19)20)23-11-14-7-6-13(2)10-15(14)24-3;/h6-7,10H,4-5,8-9,11-12H2,1-3H3,(H2,21,22,23);1H. The Labute approximate surface area is 169 Å². The van der Waals surface area contributed by atoms with Gasteiger partial charge in [0.2, 0.25) is 0 Å². The van der Waals surface area contributed by atoms with Gasteiger partial charge in [0.05, 0.1) is 13.7 Å². The number of nitrogens with one attached hydrogen (secondary N) is 2. The molecule has 0 aliphatic heterocycles. The zero-order valence-electron chi connectivity index (χ0n) is 15.3. The van der Waals surface area contributed by atoms with Crippen molar-refractivity contribution in [3.05, 3.63) is 29.3 Å². The molecule has 5 nitrogen and oxygen atoms in total. The van der Waals surface area contributed by atoms with Gasteiger partial charge in [0, 0.05) is 25.3 Å². The molecule has 1 rings (SSSR count). The highest BCUT2D eigenvalue weighted by atomic mass is 127. The van der Waals surface area contributed by atoms with Gasteiger partial charge in [0.25, 0.3) is 0 Å². The van der Waals surface area contributed by atoms with Crippen LogP contribution >= 0.6 is 24.0 Å². The SMILES string of the molecule is CCNC(=NCc1ccc(C)cc1OC)NCCCOCC(F)(F)F.I. The van der Waals surface area contributed by atoms with Crippen molar-refractivity contribution in [1.82, 2.24) is 10.6 Å². The van der Waals surface area contributed by atoms with Crippen LogP contribution in [0.25, 0.3) is 0 Å². The molecule has 1 aromatic rings. The zero-order chi connectivity index (χ0) is 18.7. The first kappa shape index (κ1) is 24.8. The van der Waals surface area contributed by atoms with Gasteiger partial charge in [-0.1, -0.05) is 12.1 Å². The number of methoxy groups -OCH3 is 1. The van der Waals surface area contributed by atoms with Crippen LogP contribution in [0.4, 0.5) is 13.2 Å². The molecule has 2 N–H and O–H groups in total. The first-order chi connectivity index (χ1) is 11.9. The van der Waals surface area contributed by atoms with E-state index in [0.29, 0.717) is 32.0 Å². The minimum Gasteiger partial charge on any atom is -0.496 e. The number of hydrogen-bond donors (Lipinski definition) is 2. The van der Waals surface area contributed by atoms with Gasteiger partial charge in [-0.25, -0.2) is 4.99 Å². The third-order valence-electron chi connectivity index (χ3n) is 3.22. The maximum absolute atomic E-state index is 12.0. The van der Waals surface area contributed by atoms with Gasteiger partial charge in [0.1, 0.15) is 12.4 Å². The van der Waals surface area contributed by atoms with Crippen LogP contribution in [-0.4, -0.2) is 45.5 Å². The number of ether oxygens (including phenoxy) is 2. The molecular weight excluding hydrogens is 462 g/mol. The fraction of sp³-hybridized carbons (Fsp3) is 0.588. The highest BCUT2D eigenvalue weighted by Crippen LogP contribution is 2.20. The van der Waals surface area contributed by atoms with E-state index in [1.165, 1.54) is 0 Å². The van der Waals surface area contributed by atoms with Crippen LogP contribution in [0.3, 0.4) is 0 Å². The molecule has 0 aliphatic rings. The third kappa shape index (κ3) is 10.7. The lowest BCUT2D eigenvalue weighted by Gasteiger charge is -2.13. The van der Waals surface area contributed by atoms with Gasteiger partial charge in [-0.05, 0) is 31.9 Å². The van der Waals surface area contributed by atoms with E-state index in [9.17, 15) is 13.2 Å². The topological polar surface area (TPSA) is 54.9 Å². The van der Waals surface area contributed by atoms with Crippen LogP contribution in [0.15, 0.2) is 23.2 Å². The Bertz CT molecular complexity index is 555. The van der Waals surface area contributed by atoms with Gasteiger partial charge in [-0.2, -0.15) is 13.2 Å². The lowest BCUT2D eigenvalue weighted by atomic mass is 10.1. The third-order valence-corrected chi connectivity index (χ3v) is 3.22. The van der Waals surface area contributed by atoms with Crippen molar-refractivity contribution in [3.8, 4) is 5.75 Å². The molecule has 1 aromatic carbocycles. The van der Waals surface area contributed by atoms with E-state index >= 15 is 0 Å². The molecule has 0 amide bonds. The summed E-state index contributed by atoms with van der Waals surface area (Å²) in [6.07, 6.45) is -3.83. The van der Waals surface area contributed by atoms with Crippen molar-refractivity contribution in [3.63, 3.8) is 0 Å². The summed E-state index contributed by atoms with van der Waals surface area (Å²) >= 11 is 0. The lowest BCUT2D eigenvalue weighted by molar-refractivity contribution is -0.173. The van der Waals surface area contributed by atoms with Gasteiger partial charge < -0.3 is 20.1 Å². The minimum absolute atomic E-state index is 0. The van der Waals surface area contributed by atoms with Gasteiger partial charge >= 0.3 is 6.18 Å². The quantitative estimate of drug-likeness (QED) is 0.241. The predicted molar refractivity (Wildman–Crippen MR) is 107 cm³/mol. The molecule has 0 aromatic heterocycles.